The zero-order chi connectivity index (χ0) is 22.0. The fourth-order valence-electron chi connectivity index (χ4n) is 3.94. The molecule has 2 amide bonds. The molecule has 2 rings (SSSR count). The molecule has 0 spiro atoms. The number of carbonyl (C=O) groups is 4. The van der Waals surface area contributed by atoms with E-state index in [0.29, 0.717) is 0 Å². The molecule has 2 aliphatic carbocycles. The molecule has 2 aliphatic rings. The van der Waals surface area contributed by atoms with E-state index >= 15 is 0 Å². The molecule has 162 valence electrons. The van der Waals surface area contributed by atoms with Crippen molar-refractivity contribution in [2.45, 2.75) is 51.4 Å². The number of nitrogens with one attached hydrogen (secondary N) is 2. The molecule has 0 aliphatic heterocycles. The Labute approximate surface area is 168 Å². The largest absolute Gasteiger partial charge is 0.464 e. The molecule has 0 bridgehead atoms. The van der Waals surface area contributed by atoms with Crippen LogP contribution in [0, 0.1) is 17.8 Å². The summed E-state index contributed by atoms with van der Waals surface area (Å²) in [7, 11) is 0. The van der Waals surface area contributed by atoms with E-state index in [2.05, 4.69) is 17.2 Å². The number of alkyl carbamates (subject to hydrolysis) is 1. The Kier molecular flexibility index (Phi) is 6.56. The van der Waals surface area contributed by atoms with Crippen molar-refractivity contribution in [2.24, 2.45) is 17.8 Å². The number of rotatable bonds is 7. The number of carbonyl (C=O) groups excluding carboxylic acids is 4. The van der Waals surface area contributed by atoms with Crippen LogP contribution in [-0.4, -0.2) is 59.4 Å². The third kappa shape index (κ3) is 4.87. The van der Waals surface area contributed by atoms with Crippen molar-refractivity contribution in [3.05, 3.63) is 12.8 Å². The standard InChI is InChI=1S/C19H28N2O8/c1-6-27-15(24)13-12-10(22)8-19(14(12)13,16(25)28-7-2)21-11(23)9-20-17(26)29-18(3,4)5/h6,10,12-14,22H,1,7-9H2,2-5H3,(H,20,26)(H,21,23)/t10-,12-,13-,14-,19+/m0/s1. The van der Waals surface area contributed by atoms with Gasteiger partial charge in [-0.05, 0) is 27.7 Å². The van der Waals surface area contributed by atoms with Crippen molar-refractivity contribution in [3.8, 4) is 0 Å². The fraction of sp³-hybridized carbons (Fsp3) is 0.684. The number of ether oxygens (including phenoxy) is 3. The number of hydrogen-bond acceptors (Lipinski definition) is 8. The van der Waals surface area contributed by atoms with Gasteiger partial charge in [0.15, 0.2) is 0 Å². The topological polar surface area (TPSA) is 140 Å². The van der Waals surface area contributed by atoms with Gasteiger partial charge in [0.25, 0.3) is 0 Å². The SMILES string of the molecule is C=COC(=O)[C@H]1[C@H]2[C@@H]1[C@@](NC(=O)CNC(=O)OC(C)(C)C)(C(=O)OCC)C[C@@H]2O. The van der Waals surface area contributed by atoms with Crippen molar-refractivity contribution in [1.82, 2.24) is 10.6 Å². The number of fused-ring (bicyclic) bond motifs is 1. The van der Waals surface area contributed by atoms with Gasteiger partial charge in [-0.1, -0.05) is 6.58 Å². The second-order valence-electron chi connectivity index (χ2n) is 8.10. The van der Waals surface area contributed by atoms with E-state index < -0.39 is 65.5 Å². The summed E-state index contributed by atoms with van der Waals surface area (Å²) in [4.78, 5) is 49.0. The Morgan fingerprint density at radius 3 is 2.48 bits per heavy atom. The Hall–Kier alpha value is -2.62. The van der Waals surface area contributed by atoms with E-state index in [0.717, 1.165) is 6.26 Å². The molecule has 10 heteroatoms. The van der Waals surface area contributed by atoms with E-state index in [9.17, 15) is 24.3 Å². The maximum atomic E-state index is 12.7. The normalized spacial score (nSPS) is 29.8. The molecule has 0 radical (unpaired) electrons. The van der Waals surface area contributed by atoms with Gasteiger partial charge in [-0.2, -0.15) is 0 Å². The summed E-state index contributed by atoms with van der Waals surface area (Å²) in [5.41, 5.74) is -2.32. The van der Waals surface area contributed by atoms with Gasteiger partial charge in [0.1, 0.15) is 17.7 Å². The Balaban J connectivity index is 2.12. The molecule has 0 aromatic carbocycles. The van der Waals surface area contributed by atoms with Crippen molar-refractivity contribution >= 4 is 23.9 Å². The average molecular weight is 412 g/mol. The molecule has 3 N–H and O–H groups in total. The van der Waals surface area contributed by atoms with Crippen LogP contribution in [0.3, 0.4) is 0 Å². The molecule has 5 atom stereocenters. The second-order valence-corrected chi connectivity index (χ2v) is 8.10. The van der Waals surface area contributed by atoms with Crippen LogP contribution in [0.15, 0.2) is 12.8 Å². The highest BCUT2D eigenvalue weighted by Crippen LogP contribution is 2.63. The first kappa shape index (κ1) is 22.7. The summed E-state index contributed by atoms with van der Waals surface area (Å²) in [6.07, 6.45) is -0.915. The maximum absolute atomic E-state index is 12.7. The summed E-state index contributed by atoms with van der Waals surface area (Å²) in [5, 5.41) is 15.2. The highest BCUT2D eigenvalue weighted by Gasteiger charge is 2.76. The van der Waals surface area contributed by atoms with Gasteiger partial charge in [0.2, 0.25) is 5.91 Å². The van der Waals surface area contributed by atoms with Gasteiger partial charge >= 0.3 is 18.0 Å². The van der Waals surface area contributed by atoms with E-state index in [1.54, 1.807) is 27.7 Å². The van der Waals surface area contributed by atoms with Gasteiger partial charge in [-0.3, -0.25) is 9.59 Å². The van der Waals surface area contributed by atoms with Crippen molar-refractivity contribution in [2.75, 3.05) is 13.2 Å². The zero-order valence-corrected chi connectivity index (χ0v) is 17.0. The fourth-order valence-corrected chi connectivity index (χ4v) is 3.94. The number of aliphatic hydroxyl groups excluding tert-OH is 1. The highest BCUT2D eigenvalue weighted by molar-refractivity contribution is 5.93. The van der Waals surface area contributed by atoms with Gasteiger partial charge in [-0.15, -0.1) is 0 Å². The molecule has 0 saturated heterocycles. The van der Waals surface area contributed by atoms with Crippen molar-refractivity contribution < 1.29 is 38.5 Å². The smallest absolute Gasteiger partial charge is 0.408 e. The van der Waals surface area contributed by atoms with E-state index in [1.165, 1.54) is 0 Å². The lowest BCUT2D eigenvalue weighted by Crippen LogP contribution is -2.59. The molecule has 10 nitrogen and oxygen atoms in total. The number of hydrogen-bond donors (Lipinski definition) is 3. The van der Waals surface area contributed by atoms with Gasteiger partial charge in [0, 0.05) is 18.3 Å². The molecule has 0 unspecified atom stereocenters. The number of amides is 2. The van der Waals surface area contributed by atoms with Gasteiger partial charge in [-0.25, -0.2) is 9.59 Å². The quantitative estimate of drug-likeness (QED) is 0.307. The zero-order valence-electron chi connectivity index (χ0n) is 17.0. The summed E-state index contributed by atoms with van der Waals surface area (Å²) in [6.45, 7) is 9.57. The monoisotopic (exact) mass is 412 g/mol. The van der Waals surface area contributed by atoms with Crippen LogP contribution in [0.1, 0.15) is 34.1 Å². The van der Waals surface area contributed by atoms with Crippen LogP contribution < -0.4 is 10.6 Å². The van der Waals surface area contributed by atoms with E-state index in [4.69, 9.17) is 14.2 Å². The first-order valence-corrected chi connectivity index (χ1v) is 9.41. The van der Waals surface area contributed by atoms with Crippen LogP contribution in [0.2, 0.25) is 0 Å². The summed E-state index contributed by atoms with van der Waals surface area (Å²) in [6, 6.07) is 0. The predicted molar refractivity (Wildman–Crippen MR) is 99.1 cm³/mol. The molecule has 2 saturated carbocycles. The third-order valence-electron chi connectivity index (χ3n) is 4.89. The third-order valence-corrected chi connectivity index (χ3v) is 4.89. The predicted octanol–water partition coefficient (Wildman–Crippen LogP) is 0.243. The first-order valence-electron chi connectivity index (χ1n) is 9.41. The first-order chi connectivity index (χ1) is 13.5. The molecule has 29 heavy (non-hydrogen) atoms. The molecular formula is C19H28N2O8. The summed E-state index contributed by atoms with van der Waals surface area (Å²) < 4.78 is 15.0. The van der Waals surface area contributed by atoms with Gasteiger partial charge in [0.05, 0.1) is 24.9 Å². The molecular weight excluding hydrogens is 384 g/mol. The Morgan fingerprint density at radius 1 is 1.28 bits per heavy atom. The van der Waals surface area contributed by atoms with Crippen LogP contribution in [0.25, 0.3) is 0 Å². The minimum absolute atomic E-state index is 0.0574. The lowest BCUT2D eigenvalue weighted by atomic mass is 9.89. The van der Waals surface area contributed by atoms with Crippen molar-refractivity contribution in [3.63, 3.8) is 0 Å². The molecule has 0 aromatic heterocycles. The van der Waals surface area contributed by atoms with Crippen LogP contribution in [0.5, 0.6) is 0 Å². The molecule has 0 heterocycles. The summed E-state index contributed by atoms with van der Waals surface area (Å²) in [5.74, 6) is -4.03. The highest BCUT2D eigenvalue weighted by atomic mass is 16.6. The molecule has 0 aromatic rings. The molecule has 2 fully saturated rings. The minimum atomic E-state index is -1.59. The van der Waals surface area contributed by atoms with E-state index in [1.807, 2.05) is 0 Å². The number of esters is 2. The van der Waals surface area contributed by atoms with Crippen molar-refractivity contribution in [1.29, 1.82) is 0 Å². The minimum Gasteiger partial charge on any atom is -0.464 e. The average Bonchev–Trinajstić information content (AvgIpc) is 3.28. The second kappa shape index (κ2) is 8.40. The Bertz CT molecular complexity index is 701. The lowest BCUT2D eigenvalue weighted by molar-refractivity contribution is -0.156. The lowest BCUT2D eigenvalue weighted by Gasteiger charge is -2.31. The number of aliphatic hydroxyl groups is 1. The van der Waals surface area contributed by atoms with Crippen LogP contribution in [0.4, 0.5) is 4.79 Å². The van der Waals surface area contributed by atoms with Crippen LogP contribution >= 0.6 is 0 Å². The maximum Gasteiger partial charge on any atom is 0.408 e. The van der Waals surface area contributed by atoms with E-state index in [-0.39, 0.29) is 13.0 Å². The summed E-state index contributed by atoms with van der Waals surface area (Å²) >= 11 is 0. The van der Waals surface area contributed by atoms with Gasteiger partial charge < -0.3 is 30.0 Å². The van der Waals surface area contributed by atoms with Crippen LogP contribution in [-0.2, 0) is 28.6 Å². The Morgan fingerprint density at radius 2 is 1.93 bits per heavy atom.